The van der Waals surface area contributed by atoms with Gasteiger partial charge in [0.15, 0.2) is 11.6 Å². The summed E-state index contributed by atoms with van der Waals surface area (Å²) in [5.41, 5.74) is -0.476. The number of allylic oxidation sites excluding steroid dienone is 2. The predicted molar refractivity (Wildman–Crippen MR) is 105 cm³/mol. The van der Waals surface area contributed by atoms with E-state index in [1.165, 1.54) is 6.08 Å². The van der Waals surface area contributed by atoms with Crippen LogP contribution in [0.3, 0.4) is 0 Å². The van der Waals surface area contributed by atoms with Crippen LogP contribution in [-0.2, 0) is 9.53 Å². The van der Waals surface area contributed by atoms with Gasteiger partial charge in [-0.3, -0.25) is 9.59 Å². The van der Waals surface area contributed by atoms with Gasteiger partial charge in [-0.05, 0) is 43.4 Å². The number of Topliss-reactive ketones (excluding diaryl/α,β-unsaturated/α-hetero) is 1. The highest BCUT2D eigenvalue weighted by Crippen LogP contribution is 2.36. The lowest BCUT2D eigenvalue weighted by molar-refractivity contribution is -0.141. The van der Waals surface area contributed by atoms with Crippen molar-refractivity contribution in [1.82, 2.24) is 0 Å². The van der Waals surface area contributed by atoms with Gasteiger partial charge in [0, 0.05) is 11.6 Å². The third-order valence-electron chi connectivity index (χ3n) is 4.50. The van der Waals surface area contributed by atoms with Crippen molar-refractivity contribution in [3.05, 3.63) is 47.1 Å². The highest BCUT2D eigenvalue weighted by molar-refractivity contribution is 6.27. The number of fused-ring (bicyclic) bond motifs is 1. The number of phenolic OH excluding ortho intramolecular Hbond substituents is 2. The number of ketones is 2. The first-order chi connectivity index (χ1) is 13.3. The van der Waals surface area contributed by atoms with Crippen molar-refractivity contribution in [2.24, 2.45) is 5.92 Å². The summed E-state index contributed by atoms with van der Waals surface area (Å²) in [4.78, 5) is 37.6. The molecule has 1 unspecified atom stereocenters. The number of carbonyl (C=O) groups is 3. The summed E-state index contributed by atoms with van der Waals surface area (Å²) in [6, 6.07) is 2.32. The van der Waals surface area contributed by atoms with Gasteiger partial charge < -0.3 is 14.9 Å². The van der Waals surface area contributed by atoms with Crippen LogP contribution in [-0.4, -0.2) is 33.9 Å². The Bertz CT molecular complexity index is 832. The molecule has 0 spiro atoms. The number of esters is 1. The lowest BCUT2D eigenvalue weighted by atomic mass is 9.84. The van der Waals surface area contributed by atoms with Crippen molar-refractivity contribution in [2.45, 2.75) is 52.6 Å². The summed E-state index contributed by atoms with van der Waals surface area (Å²) >= 11 is 0. The second-order valence-electron chi connectivity index (χ2n) is 7.23. The highest BCUT2D eigenvalue weighted by atomic mass is 16.5. The van der Waals surface area contributed by atoms with Gasteiger partial charge in [-0.2, -0.15) is 0 Å². The molecule has 0 bridgehead atoms. The molecular weight excluding hydrogens is 360 g/mol. The standard InChI is InChI=1S/C22H26O6/c1-4-5-6-7-19(26)28-18(11-8-13(2)3)14-12-17(25)20-15(23)9-10-16(24)21(20)22(14)27/h6-7,9-10,12-13,18,23-24H,4-5,8,11H2,1-3H3/b7-6+. The van der Waals surface area contributed by atoms with Gasteiger partial charge in [-0.1, -0.05) is 33.3 Å². The SMILES string of the molecule is CCC/C=C/C(=O)OC(CCC(C)C)C1=CC(=O)c2c(O)ccc(O)c2C1=O. The lowest BCUT2D eigenvalue weighted by Gasteiger charge is -2.24. The number of unbranched alkanes of at least 4 members (excludes halogenated alkanes) is 1. The maximum Gasteiger partial charge on any atom is 0.331 e. The Balaban J connectivity index is 2.37. The third-order valence-corrected chi connectivity index (χ3v) is 4.50. The van der Waals surface area contributed by atoms with Gasteiger partial charge >= 0.3 is 5.97 Å². The summed E-state index contributed by atoms with van der Waals surface area (Å²) in [6.07, 6.45) is 5.86. The summed E-state index contributed by atoms with van der Waals surface area (Å²) in [5, 5.41) is 20.0. The van der Waals surface area contributed by atoms with Gasteiger partial charge in [0.1, 0.15) is 17.6 Å². The van der Waals surface area contributed by atoms with Crippen molar-refractivity contribution >= 4 is 17.5 Å². The largest absolute Gasteiger partial charge is 0.507 e. The van der Waals surface area contributed by atoms with E-state index in [1.54, 1.807) is 6.08 Å². The molecule has 1 aliphatic rings. The van der Waals surface area contributed by atoms with E-state index in [4.69, 9.17) is 4.74 Å². The summed E-state index contributed by atoms with van der Waals surface area (Å²) in [7, 11) is 0. The zero-order chi connectivity index (χ0) is 20.8. The Labute approximate surface area is 164 Å². The Kier molecular flexibility index (Phi) is 7.15. The number of rotatable bonds is 8. The molecule has 0 radical (unpaired) electrons. The molecule has 1 aromatic rings. The fourth-order valence-corrected chi connectivity index (χ4v) is 3.01. The molecule has 0 saturated carbocycles. The van der Waals surface area contributed by atoms with Gasteiger partial charge in [-0.15, -0.1) is 0 Å². The van der Waals surface area contributed by atoms with Crippen LogP contribution in [0.2, 0.25) is 0 Å². The monoisotopic (exact) mass is 386 g/mol. The average molecular weight is 386 g/mol. The first-order valence-corrected chi connectivity index (χ1v) is 9.48. The molecular formula is C22H26O6. The molecule has 150 valence electrons. The number of aromatic hydroxyl groups is 2. The smallest absolute Gasteiger partial charge is 0.331 e. The van der Waals surface area contributed by atoms with E-state index in [0.29, 0.717) is 18.8 Å². The maximum absolute atomic E-state index is 13.0. The first kappa shape index (κ1) is 21.4. The minimum Gasteiger partial charge on any atom is -0.507 e. The molecule has 1 aromatic carbocycles. The molecule has 0 amide bonds. The number of ether oxygens (including phenoxy) is 1. The topological polar surface area (TPSA) is 101 Å². The van der Waals surface area contributed by atoms with Crippen LogP contribution < -0.4 is 0 Å². The molecule has 1 aliphatic carbocycles. The molecule has 6 nitrogen and oxygen atoms in total. The van der Waals surface area contributed by atoms with E-state index < -0.39 is 29.4 Å². The van der Waals surface area contributed by atoms with E-state index in [0.717, 1.165) is 31.1 Å². The lowest BCUT2D eigenvalue weighted by Crippen LogP contribution is -2.29. The molecule has 2 N–H and O–H groups in total. The van der Waals surface area contributed by atoms with E-state index in [-0.39, 0.29) is 22.4 Å². The molecule has 28 heavy (non-hydrogen) atoms. The minimum atomic E-state index is -0.910. The van der Waals surface area contributed by atoms with Crippen molar-refractivity contribution < 1.29 is 29.3 Å². The van der Waals surface area contributed by atoms with E-state index >= 15 is 0 Å². The number of hydrogen-bond acceptors (Lipinski definition) is 6. The second kappa shape index (κ2) is 9.35. The van der Waals surface area contributed by atoms with Crippen molar-refractivity contribution in [3.63, 3.8) is 0 Å². The van der Waals surface area contributed by atoms with Gasteiger partial charge in [0.05, 0.1) is 11.1 Å². The summed E-state index contributed by atoms with van der Waals surface area (Å²) < 4.78 is 5.48. The Hall–Kier alpha value is -2.89. The second-order valence-corrected chi connectivity index (χ2v) is 7.23. The summed E-state index contributed by atoms with van der Waals surface area (Å²) in [5.74, 6) is -2.29. The molecule has 0 heterocycles. The molecule has 1 atom stereocenters. The molecule has 0 fully saturated rings. The van der Waals surface area contributed by atoms with Crippen LogP contribution in [0.25, 0.3) is 0 Å². The fourth-order valence-electron chi connectivity index (χ4n) is 3.01. The molecule has 6 heteroatoms. The van der Waals surface area contributed by atoms with Crippen molar-refractivity contribution in [3.8, 4) is 11.5 Å². The van der Waals surface area contributed by atoms with Gasteiger partial charge in [0.2, 0.25) is 0 Å². The first-order valence-electron chi connectivity index (χ1n) is 9.48. The van der Waals surface area contributed by atoms with Crippen LogP contribution >= 0.6 is 0 Å². The number of hydrogen-bond donors (Lipinski definition) is 2. The average Bonchev–Trinajstić information content (AvgIpc) is 2.63. The number of benzene rings is 1. The van der Waals surface area contributed by atoms with Gasteiger partial charge in [0.25, 0.3) is 0 Å². The van der Waals surface area contributed by atoms with Crippen LogP contribution in [0.5, 0.6) is 11.5 Å². The van der Waals surface area contributed by atoms with Crippen LogP contribution in [0.15, 0.2) is 35.9 Å². The zero-order valence-corrected chi connectivity index (χ0v) is 16.4. The molecule has 0 aliphatic heterocycles. The fraction of sp³-hybridized carbons (Fsp3) is 0.409. The number of phenols is 2. The molecule has 2 rings (SSSR count). The predicted octanol–water partition coefficient (Wildman–Crippen LogP) is 4.11. The highest BCUT2D eigenvalue weighted by Gasteiger charge is 2.35. The Morgan fingerprint density at radius 1 is 1.11 bits per heavy atom. The Morgan fingerprint density at radius 2 is 1.75 bits per heavy atom. The Morgan fingerprint density at radius 3 is 2.36 bits per heavy atom. The maximum atomic E-state index is 13.0. The zero-order valence-electron chi connectivity index (χ0n) is 16.4. The molecule has 0 saturated heterocycles. The van der Waals surface area contributed by atoms with Crippen molar-refractivity contribution in [1.29, 1.82) is 0 Å². The van der Waals surface area contributed by atoms with E-state index in [2.05, 4.69) is 0 Å². The minimum absolute atomic E-state index is 0.0105. The normalized spacial score (nSPS) is 14.9. The van der Waals surface area contributed by atoms with Gasteiger partial charge in [-0.25, -0.2) is 4.79 Å². The van der Waals surface area contributed by atoms with E-state index in [9.17, 15) is 24.6 Å². The van der Waals surface area contributed by atoms with Crippen LogP contribution in [0.1, 0.15) is 67.2 Å². The quantitative estimate of drug-likeness (QED) is 0.396. The van der Waals surface area contributed by atoms with E-state index in [1.807, 2.05) is 20.8 Å². The van der Waals surface area contributed by atoms with Crippen LogP contribution in [0, 0.1) is 5.92 Å². The number of carbonyl (C=O) groups excluding carboxylic acids is 3. The third kappa shape index (κ3) is 4.88. The van der Waals surface area contributed by atoms with Crippen molar-refractivity contribution in [2.75, 3.05) is 0 Å². The molecule has 0 aromatic heterocycles. The summed E-state index contributed by atoms with van der Waals surface area (Å²) in [6.45, 7) is 5.99. The van der Waals surface area contributed by atoms with Crippen LogP contribution in [0.4, 0.5) is 0 Å².